The molecule has 10 heteroatoms. The van der Waals surface area contributed by atoms with E-state index >= 15 is 0 Å². The average molecular weight is 457 g/mol. The molecule has 0 aliphatic rings. The zero-order valence-electron chi connectivity index (χ0n) is 14.6. The van der Waals surface area contributed by atoms with Crippen molar-refractivity contribution in [1.82, 2.24) is 5.43 Å². The third-order valence-corrected chi connectivity index (χ3v) is 4.35. The predicted octanol–water partition coefficient (Wildman–Crippen LogP) is 3.30. The van der Waals surface area contributed by atoms with Crippen LogP contribution in [0.15, 0.2) is 64.2 Å². The molecular formula is C19H13BrN4O5. The zero-order chi connectivity index (χ0) is 21.0. The van der Waals surface area contributed by atoms with Gasteiger partial charge in [-0.1, -0.05) is 52.3 Å². The number of carbonyl (C=O) groups excluding carboxylic acids is 2. The van der Waals surface area contributed by atoms with Crippen LogP contribution in [-0.4, -0.2) is 28.1 Å². The standard InChI is InChI=1S/C19H13BrN4O5/c20-13-8-12(17(25)16(9-13)24(28)29)10-21-23-19(27)18(26)22-15-7-3-5-11-4-1-2-6-14(11)15/h1-10,25H,(H,22,26)(H,23,27)/b21-10+. The zero-order valence-corrected chi connectivity index (χ0v) is 16.2. The van der Waals surface area contributed by atoms with E-state index in [-0.39, 0.29) is 5.56 Å². The first-order chi connectivity index (χ1) is 13.9. The number of nitrogens with zero attached hydrogens (tertiary/aromatic N) is 2. The minimum absolute atomic E-state index is 0.0131. The number of rotatable bonds is 4. The molecule has 0 unspecified atom stereocenters. The summed E-state index contributed by atoms with van der Waals surface area (Å²) in [5.41, 5.74) is 1.94. The van der Waals surface area contributed by atoms with E-state index in [0.29, 0.717) is 10.2 Å². The molecular weight excluding hydrogens is 444 g/mol. The summed E-state index contributed by atoms with van der Waals surface area (Å²) in [6.45, 7) is 0. The monoisotopic (exact) mass is 456 g/mol. The molecule has 0 aromatic heterocycles. The highest BCUT2D eigenvalue weighted by molar-refractivity contribution is 9.10. The molecule has 3 rings (SSSR count). The Hall–Kier alpha value is -3.79. The van der Waals surface area contributed by atoms with E-state index in [2.05, 4.69) is 26.3 Å². The summed E-state index contributed by atoms with van der Waals surface area (Å²) < 4.78 is 0.337. The Morgan fingerprint density at radius 2 is 1.83 bits per heavy atom. The Kier molecular flexibility index (Phi) is 5.84. The first kappa shape index (κ1) is 20.0. The van der Waals surface area contributed by atoms with Crippen LogP contribution >= 0.6 is 15.9 Å². The molecule has 3 N–H and O–H groups in total. The second-order valence-corrected chi connectivity index (χ2v) is 6.72. The number of hydrogen-bond acceptors (Lipinski definition) is 6. The van der Waals surface area contributed by atoms with Gasteiger partial charge in [-0.2, -0.15) is 5.10 Å². The number of halogens is 1. The maximum Gasteiger partial charge on any atom is 0.329 e. The van der Waals surface area contributed by atoms with Crippen LogP contribution in [0.2, 0.25) is 0 Å². The minimum atomic E-state index is -1.04. The van der Waals surface area contributed by atoms with Crippen molar-refractivity contribution in [2.24, 2.45) is 5.10 Å². The number of nitro groups is 1. The summed E-state index contributed by atoms with van der Waals surface area (Å²) in [5.74, 6) is -2.60. The third kappa shape index (κ3) is 4.55. The predicted molar refractivity (Wildman–Crippen MR) is 111 cm³/mol. The molecule has 0 aliphatic carbocycles. The molecule has 29 heavy (non-hydrogen) atoms. The van der Waals surface area contributed by atoms with Crippen LogP contribution in [0.3, 0.4) is 0 Å². The molecule has 0 saturated heterocycles. The fourth-order valence-corrected chi connectivity index (χ4v) is 3.03. The summed E-state index contributed by atoms with van der Waals surface area (Å²) in [5, 5.41) is 28.6. The number of phenolic OH excluding ortho intramolecular Hbond substituents is 1. The SMILES string of the molecule is O=C(N/N=C/c1cc(Br)cc([N+](=O)[O-])c1O)C(=O)Nc1cccc2ccccc12. The second-order valence-electron chi connectivity index (χ2n) is 5.80. The lowest BCUT2D eigenvalue weighted by atomic mass is 10.1. The Morgan fingerprint density at radius 1 is 1.10 bits per heavy atom. The maximum atomic E-state index is 12.1. The number of nitro benzene ring substituents is 1. The molecule has 146 valence electrons. The van der Waals surface area contributed by atoms with Crippen molar-refractivity contribution in [1.29, 1.82) is 0 Å². The van der Waals surface area contributed by atoms with Crippen LogP contribution in [0.25, 0.3) is 10.8 Å². The van der Waals surface area contributed by atoms with Gasteiger partial charge in [-0.05, 0) is 17.5 Å². The van der Waals surface area contributed by atoms with Crippen LogP contribution < -0.4 is 10.7 Å². The van der Waals surface area contributed by atoms with Crippen molar-refractivity contribution in [2.75, 3.05) is 5.32 Å². The fourth-order valence-electron chi connectivity index (χ4n) is 2.57. The quantitative estimate of drug-likeness (QED) is 0.239. The van der Waals surface area contributed by atoms with E-state index in [4.69, 9.17) is 0 Å². The average Bonchev–Trinajstić information content (AvgIpc) is 2.70. The number of nitrogens with one attached hydrogen (secondary N) is 2. The fraction of sp³-hybridized carbons (Fsp3) is 0. The van der Waals surface area contributed by atoms with Crippen molar-refractivity contribution < 1.29 is 19.6 Å². The summed E-state index contributed by atoms with van der Waals surface area (Å²) >= 11 is 3.09. The second kappa shape index (κ2) is 8.48. The number of anilines is 1. The number of hydrazone groups is 1. The van der Waals surface area contributed by atoms with Crippen LogP contribution in [-0.2, 0) is 9.59 Å². The highest BCUT2D eigenvalue weighted by Gasteiger charge is 2.18. The Labute approximate surface area is 172 Å². The number of carbonyl (C=O) groups is 2. The maximum absolute atomic E-state index is 12.1. The highest BCUT2D eigenvalue weighted by Crippen LogP contribution is 2.32. The Morgan fingerprint density at radius 3 is 2.59 bits per heavy atom. The van der Waals surface area contributed by atoms with Gasteiger partial charge in [0.1, 0.15) is 0 Å². The van der Waals surface area contributed by atoms with E-state index in [0.717, 1.165) is 23.1 Å². The van der Waals surface area contributed by atoms with Crippen LogP contribution in [0.1, 0.15) is 5.56 Å². The topological polar surface area (TPSA) is 134 Å². The van der Waals surface area contributed by atoms with Gasteiger partial charge in [0.05, 0.1) is 11.1 Å². The molecule has 0 aliphatic heterocycles. The van der Waals surface area contributed by atoms with Gasteiger partial charge in [-0.3, -0.25) is 19.7 Å². The van der Waals surface area contributed by atoms with Gasteiger partial charge in [0, 0.05) is 27.2 Å². The lowest BCUT2D eigenvalue weighted by Crippen LogP contribution is -2.32. The van der Waals surface area contributed by atoms with Crippen LogP contribution in [0.4, 0.5) is 11.4 Å². The molecule has 3 aromatic carbocycles. The molecule has 0 fully saturated rings. The highest BCUT2D eigenvalue weighted by atomic mass is 79.9. The van der Waals surface area contributed by atoms with Gasteiger partial charge in [-0.15, -0.1) is 0 Å². The van der Waals surface area contributed by atoms with Crippen molar-refractivity contribution in [2.45, 2.75) is 0 Å². The Balaban J connectivity index is 1.71. The van der Waals surface area contributed by atoms with Crippen LogP contribution in [0.5, 0.6) is 5.75 Å². The number of aromatic hydroxyl groups is 1. The molecule has 0 spiro atoms. The van der Waals surface area contributed by atoms with Gasteiger partial charge < -0.3 is 10.4 Å². The van der Waals surface area contributed by atoms with Gasteiger partial charge in [0.15, 0.2) is 0 Å². The number of benzene rings is 3. The lowest BCUT2D eigenvalue weighted by Gasteiger charge is -2.07. The normalized spacial score (nSPS) is 10.8. The van der Waals surface area contributed by atoms with Gasteiger partial charge in [0.25, 0.3) is 0 Å². The molecule has 0 saturated carbocycles. The third-order valence-electron chi connectivity index (χ3n) is 3.89. The first-order valence-corrected chi connectivity index (χ1v) is 8.95. The Bertz CT molecular complexity index is 1160. The first-order valence-electron chi connectivity index (χ1n) is 8.16. The van der Waals surface area contributed by atoms with Crippen molar-refractivity contribution in [3.05, 3.63) is 74.7 Å². The molecule has 0 heterocycles. The van der Waals surface area contributed by atoms with Crippen LogP contribution in [0, 0.1) is 10.1 Å². The molecule has 0 atom stereocenters. The van der Waals surface area contributed by atoms with E-state index in [1.54, 1.807) is 12.1 Å². The molecule has 0 bridgehead atoms. The van der Waals surface area contributed by atoms with Crippen molar-refractivity contribution in [3.63, 3.8) is 0 Å². The van der Waals surface area contributed by atoms with E-state index < -0.39 is 28.2 Å². The van der Waals surface area contributed by atoms with Crippen molar-refractivity contribution in [3.8, 4) is 5.75 Å². The number of hydrogen-bond donors (Lipinski definition) is 3. The molecule has 3 aromatic rings. The molecule has 2 amide bonds. The minimum Gasteiger partial charge on any atom is -0.502 e. The van der Waals surface area contributed by atoms with Gasteiger partial charge in [0.2, 0.25) is 5.75 Å². The smallest absolute Gasteiger partial charge is 0.329 e. The lowest BCUT2D eigenvalue weighted by molar-refractivity contribution is -0.385. The molecule has 9 nitrogen and oxygen atoms in total. The van der Waals surface area contributed by atoms with Crippen molar-refractivity contribution >= 4 is 56.1 Å². The number of fused-ring (bicyclic) bond motifs is 1. The van der Waals surface area contributed by atoms with E-state index in [1.807, 2.05) is 35.8 Å². The van der Waals surface area contributed by atoms with Gasteiger partial charge in [-0.25, -0.2) is 5.43 Å². The summed E-state index contributed by atoms with van der Waals surface area (Å²) in [4.78, 5) is 34.3. The molecule has 0 radical (unpaired) electrons. The largest absolute Gasteiger partial charge is 0.502 e. The van der Waals surface area contributed by atoms with E-state index in [9.17, 15) is 24.8 Å². The number of amides is 2. The van der Waals surface area contributed by atoms with E-state index in [1.165, 1.54) is 6.07 Å². The summed E-state index contributed by atoms with van der Waals surface area (Å²) in [6.07, 6.45) is 0.996. The number of phenols is 1. The summed E-state index contributed by atoms with van der Waals surface area (Å²) in [6, 6.07) is 15.1. The van der Waals surface area contributed by atoms with Gasteiger partial charge >= 0.3 is 17.5 Å². The summed E-state index contributed by atoms with van der Waals surface area (Å²) in [7, 11) is 0.